The Hall–Kier alpha value is -0.610. The Labute approximate surface area is 111 Å². The van der Waals surface area contributed by atoms with E-state index >= 15 is 0 Å². The van der Waals surface area contributed by atoms with Crippen LogP contribution in [0, 0.1) is 5.92 Å². The van der Waals surface area contributed by atoms with Gasteiger partial charge in [-0.05, 0) is 31.7 Å². The quantitative estimate of drug-likeness (QED) is 0.753. The van der Waals surface area contributed by atoms with E-state index in [4.69, 9.17) is 5.73 Å². The third kappa shape index (κ3) is 4.94. The van der Waals surface area contributed by atoms with E-state index in [0.29, 0.717) is 6.04 Å². The van der Waals surface area contributed by atoms with E-state index in [0.717, 1.165) is 25.9 Å². The molecule has 4 heteroatoms. The molecule has 0 aliphatic carbocycles. The van der Waals surface area contributed by atoms with Crippen LogP contribution in [0.25, 0.3) is 0 Å². The van der Waals surface area contributed by atoms with Crippen molar-refractivity contribution >= 4 is 5.91 Å². The Morgan fingerprint density at radius 2 is 2.00 bits per heavy atom. The lowest BCUT2D eigenvalue weighted by Gasteiger charge is -2.33. The van der Waals surface area contributed by atoms with Crippen molar-refractivity contribution in [2.24, 2.45) is 11.7 Å². The molecule has 0 aromatic carbocycles. The maximum Gasteiger partial charge on any atom is 0.237 e. The number of nitrogens with two attached hydrogens (primary N) is 1. The van der Waals surface area contributed by atoms with E-state index in [2.05, 4.69) is 17.1 Å². The number of rotatable bonds is 6. The van der Waals surface area contributed by atoms with Crippen LogP contribution >= 0.6 is 0 Å². The number of nitrogens with zero attached hydrogens (tertiary/aromatic N) is 1. The van der Waals surface area contributed by atoms with E-state index in [1.807, 2.05) is 13.8 Å². The molecule has 1 aliphatic rings. The molecule has 1 atom stereocenters. The molecule has 0 aromatic heterocycles. The molecule has 0 aromatic rings. The predicted octanol–water partition coefficient (Wildman–Crippen LogP) is 1.35. The Morgan fingerprint density at radius 1 is 1.39 bits per heavy atom. The third-order valence-electron chi connectivity index (χ3n) is 3.78. The fourth-order valence-electron chi connectivity index (χ4n) is 2.28. The van der Waals surface area contributed by atoms with Crippen molar-refractivity contribution in [3.8, 4) is 0 Å². The first-order valence-electron chi connectivity index (χ1n) is 7.33. The van der Waals surface area contributed by atoms with E-state index in [9.17, 15) is 4.79 Å². The number of unbranched alkanes of at least 4 members (excludes halogenated alkanes) is 1. The van der Waals surface area contributed by atoms with Gasteiger partial charge in [0, 0.05) is 19.1 Å². The van der Waals surface area contributed by atoms with Crippen LogP contribution < -0.4 is 11.1 Å². The van der Waals surface area contributed by atoms with Gasteiger partial charge in [0.05, 0.1) is 6.04 Å². The molecule has 1 rings (SSSR count). The molecule has 0 bridgehead atoms. The second-order valence-corrected chi connectivity index (χ2v) is 5.75. The second kappa shape index (κ2) is 7.74. The van der Waals surface area contributed by atoms with Crippen molar-refractivity contribution in [3.63, 3.8) is 0 Å². The van der Waals surface area contributed by atoms with Crippen LogP contribution in [0.4, 0.5) is 0 Å². The molecule has 0 unspecified atom stereocenters. The summed E-state index contributed by atoms with van der Waals surface area (Å²) >= 11 is 0. The van der Waals surface area contributed by atoms with Gasteiger partial charge >= 0.3 is 0 Å². The molecular weight excluding hydrogens is 226 g/mol. The third-order valence-corrected chi connectivity index (χ3v) is 3.78. The first-order valence-corrected chi connectivity index (χ1v) is 7.33. The number of nitrogens with one attached hydrogen (secondary N) is 1. The van der Waals surface area contributed by atoms with Crippen LogP contribution in [0.3, 0.4) is 0 Å². The van der Waals surface area contributed by atoms with Gasteiger partial charge in [0.1, 0.15) is 0 Å². The van der Waals surface area contributed by atoms with E-state index in [-0.39, 0.29) is 17.9 Å². The molecule has 1 saturated heterocycles. The maximum absolute atomic E-state index is 11.9. The highest BCUT2D eigenvalue weighted by Crippen LogP contribution is 2.11. The minimum atomic E-state index is -0.372. The maximum atomic E-state index is 11.9. The smallest absolute Gasteiger partial charge is 0.237 e. The van der Waals surface area contributed by atoms with Gasteiger partial charge in [-0.2, -0.15) is 0 Å². The zero-order valence-electron chi connectivity index (χ0n) is 12.1. The van der Waals surface area contributed by atoms with Gasteiger partial charge in [-0.25, -0.2) is 0 Å². The summed E-state index contributed by atoms with van der Waals surface area (Å²) in [4.78, 5) is 14.4. The van der Waals surface area contributed by atoms with E-state index < -0.39 is 0 Å². The highest BCUT2D eigenvalue weighted by atomic mass is 16.2. The normalized spacial score (nSPS) is 20.1. The average Bonchev–Trinajstić information content (AvgIpc) is 2.36. The summed E-state index contributed by atoms with van der Waals surface area (Å²) in [6, 6.07) is -0.0525. The number of amides is 1. The van der Waals surface area contributed by atoms with E-state index in [1.165, 1.54) is 19.4 Å². The van der Waals surface area contributed by atoms with Crippen molar-refractivity contribution in [2.45, 2.75) is 58.5 Å². The van der Waals surface area contributed by atoms with Crippen LogP contribution in [-0.4, -0.2) is 42.5 Å². The van der Waals surface area contributed by atoms with Crippen molar-refractivity contribution in [3.05, 3.63) is 0 Å². The van der Waals surface area contributed by atoms with Crippen LogP contribution in [0.5, 0.6) is 0 Å². The molecule has 3 N–H and O–H groups in total. The zero-order valence-corrected chi connectivity index (χ0v) is 12.1. The van der Waals surface area contributed by atoms with Crippen molar-refractivity contribution in [1.29, 1.82) is 0 Å². The fraction of sp³-hybridized carbons (Fsp3) is 0.929. The largest absolute Gasteiger partial charge is 0.352 e. The summed E-state index contributed by atoms with van der Waals surface area (Å²) in [6.45, 7) is 9.59. The molecular formula is C14H29N3O. The van der Waals surface area contributed by atoms with Gasteiger partial charge in [0.15, 0.2) is 0 Å². The number of carbonyl (C=O) groups excluding carboxylic acids is 1. The fourth-order valence-corrected chi connectivity index (χ4v) is 2.28. The molecule has 0 radical (unpaired) electrons. The second-order valence-electron chi connectivity index (χ2n) is 5.75. The topological polar surface area (TPSA) is 58.4 Å². The first-order chi connectivity index (χ1) is 8.54. The van der Waals surface area contributed by atoms with Gasteiger partial charge in [-0.3, -0.25) is 4.79 Å². The van der Waals surface area contributed by atoms with Gasteiger partial charge in [0.25, 0.3) is 0 Å². The average molecular weight is 255 g/mol. The van der Waals surface area contributed by atoms with Crippen LogP contribution in [0.1, 0.15) is 46.5 Å². The number of likely N-dealkylation sites (tertiary alicyclic amines) is 1. The Kier molecular flexibility index (Phi) is 6.65. The van der Waals surface area contributed by atoms with Gasteiger partial charge in [-0.1, -0.05) is 27.2 Å². The van der Waals surface area contributed by atoms with Gasteiger partial charge in [0.2, 0.25) is 5.91 Å². The highest BCUT2D eigenvalue weighted by molar-refractivity contribution is 5.82. The standard InChI is InChI=1S/C14H29N3O/c1-4-5-8-17-9-6-12(7-10-17)16-14(18)13(15)11(2)3/h11-13H,4-10,15H2,1-3H3,(H,16,18)/t13-/m0/s1. The lowest BCUT2D eigenvalue weighted by atomic mass is 10.0. The molecule has 1 aliphatic heterocycles. The summed E-state index contributed by atoms with van der Waals surface area (Å²) < 4.78 is 0. The lowest BCUT2D eigenvalue weighted by molar-refractivity contribution is -0.124. The molecule has 4 nitrogen and oxygen atoms in total. The van der Waals surface area contributed by atoms with Crippen molar-refractivity contribution in [2.75, 3.05) is 19.6 Å². The summed E-state index contributed by atoms with van der Waals surface area (Å²) in [6.07, 6.45) is 4.63. The lowest BCUT2D eigenvalue weighted by Crippen LogP contribution is -2.51. The summed E-state index contributed by atoms with van der Waals surface area (Å²) in [5, 5.41) is 3.09. The minimum Gasteiger partial charge on any atom is -0.352 e. The highest BCUT2D eigenvalue weighted by Gasteiger charge is 2.23. The number of hydrogen-bond acceptors (Lipinski definition) is 3. The minimum absolute atomic E-state index is 0.0111. The zero-order chi connectivity index (χ0) is 13.5. The predicted molar refractivity (Wildman–Crippen MR) is 75.3 cm³/mol. The molecule has 106 valence electrons. The van der Waals surface area contributed by atoms with Crippen LogP contribution in [-0.2, 0) is 4.79 Å². The van der Waals surface area contributed by atoms with Crippen molar-refractivity contribution in [1.82, 2.24) is 10.2 Å². The summed E-state index contributed by atoms with van der Waals surface area (Å²) in [5.41, 5.74) is 5.85. The Balaban J connectivity index is 2.25. The summed E-state index contributed by atoms with van der Waals surface area (Å²) in [5.74, 6) is 0.214. The first kappa shape index (κ1) is 15.4. The number of piperidine rings is 1. The van der Waals surface area contributed by atoms with Gasteiger partial charge in [-0.15, -0.1) is 0 Å². The van der Waals surface area contributed by atoms with Crippen LogP contribution in [0.2, 0.25) is 0 Å². The molecule has 1 fully saturated rings. The Bertz CT molecular complexity index is 247. The number of hydrogen-bond donors (Lipinski definition) is 2. The molecule has 1 heterocycles. The van der Waals surface area contributed by atoms with Gasteiger partial charge < -0.3 is 16.0 Å². The monoisotopic (exact) mass is 255 g/mol. The molecule has 0 spiro atoms. The van der Waals surface area contributed by atoms with E-state index in [1.54, 1.807) is 0 Å². The molecule has 18 heavy (non-hydrogen) atoms. The van der Waals surface area contributed by atoms with Crippen LogP contribution in [0.15, 0.2) is 0 Å². The Morgan fingerprint density at radius 3 is 2.50 bits per heavy atom. The molecule has 1 amide bonds. The number of carbonyl (C=O) groups is 1. The molecule has 0 saturated carbocycles. The summed E-state index contributed by atoms with van der Waals surface area (Å²) in [7, 11) is 0. The SMILES string of the molecule is CCCCN1CCC(NC(=O)[C@@H](N)C(C)C)CC1. The van der Waals surface area contributed by atoms with Crippen molar-refractivity contribution < 1.29 is 4.79 Å².